The van der Waals surface area contributed by atoms with Crippen LogP contribution in [-0.2, 0) is 19.1 Å². The van der Waals surface area contributed by atoms with Crippen molar-refractivity contribution in [3.63, 3.8) is 0 Å². The highest BCUT2D eigenvalue weighted by Crippen LogP contribution is 2.13. The van der Waals surface area contributed by atoms with Crippen LogP contribution in [0.4, 0.5) is 4.79 Å². The van der Waals surface area contributed by atoms with Crippen molar-refractivity contribution in [2.75, 3.05) is 6.54 Å². The predicted octanol–water partition coefficient (Wildman–Crippen LogP) is 1.00. The number of amides is 2. The van der Waals surface area contributed by atoms with Crippen molar-refractivity contribution in [1.29, 1.82) is 0 Å². The lowest BCUT2D eigenvalue weighted by Gasteiger charge is -2.29. The molecule has 0 spiro atoms. The van der Waals surface area contributed by atoms with Crippen LogP contribution < -0.4 is 16.4 Å². The highest BCUT2D eigenvalue weighted by molar-refractivity contribution is 5.87. The van der Waals surface area contributed by atoms with Gasteiger partial charge >= 0.3 is 12.1 Å². The van der Waals surface area contributed by atoms with Crippen LogP contribution in [0.5, 0.6) is 0 Å². The second-order valence-corrected chi connectivity index (χ2v) is 8.08. The Hall–Kier alpha value is -1.87. The Morgan fingerprint density at radius 3 is 2.04 bits per heavy atom. The van der Waals surface area contributed by atoms with Crippen LogP contribution in [0.2, 0.25) is 0 Å². The molecule has 5 N–H and O–H groups in total. The molecule has 0 aromatic heterocycles. The summed E-state index contributed by atoms with van der Waals surface area (Å²) in [4.78, 5) is 35.1. The molecule has 0 bridgehead atoms. The van der Waals surface area contributed by atoms with Gasteiger partial charge in [0.25, 0.3) is 0 Å². The highest BCUT2D eigenvalue weighted by atomic mass is 16.6. The van der Waals surface area contributed by atoms with Gasteiger partial charge in [0.2, 0.25) is 5.91 Å². The first kappa shape index (κ1) is 24.1. The van der Waals surface area contributed by atoms with Gasteiger partial charge in [-0.2, -0.15) is 0 Å². The zero-order valence-corrected chi connectivity index (χ0v) is 16.7. The number of carboxylic acids is 1. The Bertz CT molecular complexity index is 496. The first-order valence-corrected chi connectivity index (χ1v) is 8.56. The third-order valence-electron chi connectivity index (χ3n) is 3.03. The van der Waals surface area contributed by atoms with Crippen molar-refractivity contribution in [2.45, 2.75) is 84.3 Å². The minimum atomic E-state index is -1.23. The summed E-state index contributed by atoms with van der Waals surface area (Å²) in [7, 11) is 0. The van der Waals surface area contributed by atoms with Gasteiger partial charge < -0.3 is 30.9 Å². The van der Waals surface area contributed by atoms with E-state index in [2.05, 4.69) is 10.6 Å². The summed E-state index contributed by atoms with van der Waals surface area (Å²) in [5, 5.41) is 14.2. The van der Waals surface area contributed by atoms with E-state index in [4.69, 9.17) is 15.2 Å². The molecule has 9 heteroatoms. The quantitative estimate of drug-likeness (QED) is 0.496. The number of nitrogens with two attached hydrogens (primary N) is 1. The average molecular weight is 375 g/mol. The van der Waals surface area contributed by atoms with Crippen LogP contribution in [0.3, 0.4) is 0 Å². The number of ether oxygens (including phenoxy) is 2. The van der Waals surface area contributed by atoms with Crippen molar-refractivity contribution in [2.24, 2.45) is 5.73 Å². The fourth-order valence-corrected chi connectivity index (χ4v) is 2.04. The van der Waals surface area contributed by atoms with Gasteiger partial charge in [0.15, 0.2) is 6.04 Å². The highest BCUT2D eigenvalue weighted by Gasteiger charge is 2.31. The number of aliphatic carboxylic acids is 1. The van der Waals surface area contributed by atoms with E-state index in [0.717, 1.165) is 0 Å². The van der Waals surface area contributed by atoms with Crippen molar-refractivity contribution >= 4 is 18.0 Å². The second kappa shape index (κ2) is 9.72. The van der Waals surface area contributed by atoms with E-state index in [0.29, 0.717) is 0 Å². The lowest BCUT2D eigenvalue weighted by atomic mass is 10.1. The summed E-state index contributed by atoms with van der Waals surface area (Å²) in [5.74, 6) is -1.85. The smallest absolute Gasteiger partial charge is 0.407 e. The Morgan fingerprint density at radius 1 is 1.08 bits per heavy atom. The summed E-state index contributed by atoms with van der Waals surface area (Å²) in [6.07, 6.45) is -1.23. The molecule has 0 saturated carbocycles. The molecule has 0 aromatic carbocycles. The van der Waals surface area contributed by atoms with Crippen LogP contribution in [0.1, 0.15) is 54.9 Å². The van der Waals surface area contributed by atoms with E-state index in [1.54, 1.807) is 48.5 Å². The monoisotopic (exact) mass is 375 g/mol. The molecule has 26 heavy (non-hydrogen) atoms. The molecule has 0 saturated heterocycles. The molecular weight excluding hydrogens is 342 g/mol. The fourth-order valence-electron chi connectivity index (χ4n) is 2.04. The van der Waals surface area contributed by atoms with Crippen LogP contribution >= 0.6 is 0 Å². The summed E-state index contributed by atoms with van der Waals surface area (Å²) in [6.45, 7) is 12.3. The van der Waals surface area contributed by atoms with E-state index in [1.165, 1.54) is 0 Å². The number of nitrogens with one attached hydrogen (secondary N) is 2. The lowest BCUT2D eigenvalue weighted by molar-refractivity contribution is -0.150. The number of hydrogen-bond donors (Lipinski definition) is 4. The average Bonchev–Trinajstić information content (AvgIpc) is 2.39. The summed E-state index contributed by atoms with van der Waals surface area (Å²) >= 11 is 0. The topological polar surface area (TPSA) is 140 Å². The molecule has 0 unspecified atom stereocenters. The molecule has 0 aliphatic carbocycles. The predicted molar refractivity (Wildman–Crippen MR) is 96.7 cm³/mol. The van der Waals surface area contributed by atoms with E-state index in [-0.39, 0.29) is 13.0 Å². The fraction of sp³-hybridized carbons (Fsp3) is 0.824. The molecule has 9 nitrogen and oxygen atoms in total. The van der Waals surface area contributed by atoms with Crippen LogP contribution in [-0.4, -0.2) is 59.0 Å². The first-order valence-electron chi connectivity index (χ1n) is 8.56. The molecule has 0 aliphatic rings. The third kappa shape index (κ3) is 10.9. The summed E-state index contributed by atoms with van der Waals surface area (Å²) in [5.41, 5.74) is 4.59. The Balaban J connectivity index is 4.52. The van der Waals surface area contributed by atoms with Crippen LogP contribution in [0.25, 0.3) is 0 Å². The largest absolute Gasteiger partial charge is 0.480 e. The van der Waals surface area contributed by atoms with Gasteiger partial charge in [0, 0.05) is 6.54 Å². The molecule has 0 aromatic rings. The van der Waals surface area contributed by atoms with E-state index in [9.17, 15) is 19.5 Å². The van der Waals surface area contributed by atoms with Gasteiger partial charge in [-0.05, 0) is 54.9 Å². The zero-order chi connectivity index (χ0) is 20.7. The van der Waals surface area contributed by atoms with Crippen molar-refractivity contribution in [3.8, 4) is 0 Å². The molecule has 3 atom stereocenters. The SMILES string of the molecule is C[C@@H](OC(C)(C)C)[C@H](NC(=O)[C@@H](N)CCNC(=O)OC(C)(C)C)C(=O)O. The first-order chi connectivity index (χ1) is 11.6. The minimum Gasteiger partial charge on any atom is -0.480 e. The lowest BCUT2D eigenvalue weighted by Crippen LogP contribution is -2.54. The van der Waals surface area contributed by atoms with Gasteiger partial charge in [-0.3, -0.25) is 4.79 Å². The summed E-state index contributed by atoms with van der Waals surface area (Å²) in [6, 6.07) is -2.21. The maximum Gasteiger partial charge on any atom is 0.407 e. The second-order valence-electron chi connectivity index (χ2n) is 8.08. The maximum atomic E-state index is 12.1. The molecule has 0 aliphatic heterocycles. The number of hydrogen-bond acceptors (Lipinski definition) is 6. The number of rotatable bonds is 8. The van der Waals surface area contributed by atoms with Gasteiger partial charge in [-0.1, -0.05) is 0 Å². The van der Waals surface area contributed by atoms with Crippen LogP contribution in [0.15, 0.2) is 0 Å². The van der Waals surface area contributed by atoms with Crippen LogP contribution in [0, 0.1) is 0 Å². The minimum absolute atomic E-state index is 0.120. The molecule has 2 amide bonds. The van der Waals surface area contributed by atoms with Crippen molar-refractivity contribution < 1.29 is 29.0 Å². The van der Waals surface area contributed by atoms with E-state index < -0.39 is 47.4 Å². The number of carbonyl (C=O) groups excluding carboxylic acids is 2. The molecule has 0 heterocycles. The number of alkyl carbamates (subject to hydrolysis) is 1. The standard InChI is InChI=1S/C17H33N3O6/c1-10(25-16(2,3)4)12(14(22)23)20-13(21)11(18)8-9-19-15(24)26-17(5,6)7/h10-12H,8-9,18H2,1-7H3,(H,19,24)(H,20,21)(H,22,23)/t10-,11+,12+/m1/s1. The van der Waals surface area contributed by atoms with E-state index in [1.807, 2.05) is 0 Å². The molecule has 0 rings (SSSR count). The molecule has 152 valence electrons. The Kier molecular flexibility index (Phi) is 9.03. The van der Waals surface area contributed by atoms with Crippen molar-refractivity contribution in [3.05, 3.63) is 0 Å². The maximum absolute atomic E-state index is 12.1. The molecule has 0 fully saturated rings. The number of carbonyl (C=O) groups is 3. The van der Waals surface area contributed by atoms with Crippen molar-refractivity contribution in [1.82, 2.24) is 10.6 Å². The Morgan fingerprint density at radius 2 is 1.62 bits per heavy atom. The molecule has 0 radical (unpaired) electrons. The van der Waals surface area contributed by atoms with Gasteiger partial charge in [0.1, 0.15) is 5.60 Å². The molecular formula is C17H33N3O6. The van der Waals surface area contributed by atoms with Gasteiger partial charge in [-0.25, -0.2) is 9.59 Å². The van der Waals surface area contributed by atoms with E-state index >= 15 is 0 Å². The normalized spacial score (nSPS) is 15.5. The van der Waals surface area contributed by atoms with Gasteiger partial charge in [-0.15, -0.1) is 0 Å². The van der Waals surface area contributed by atoms with Gasteiger partial charge in [0.05, 0.1) is 17.7 Å². The third-order valence-corrected chi connectivity index (χ3v) is 3.03. The zero-order valence-electron chi connectivity index (χ0n) is 16.7. The Labute approximate surface area is 155 Å². The number of carboxylic acid groups (broad SMARTS) is 1. The summed E-state index contributed by atoms with van der Waals surface area (Å²) < 4.78 is 10.7.